The van der Waals surface area contributed by atoms with E-state index in [1.54, 1.807) is 0 Å². The average Bonchev–Trinajstić information content (AvgIpc) is 2.88. The van der Waals surface area contributed by atoms with Crippen molar-refractivity contribution in [3.63, 3.8) is 0 Å². The molecule has 2 amide bonds. The van der Waals surface area contributed by atoms with Crippen molar-refractivity contribution in [3.8, 4) is 5.75 Å². The summed E-state index contributed by atoms with van der Waals surface area (Å²) in [4.78, 5) is 28.9. The van der Waals surface area contributed by atoms with Gasteiger partial charge in [0.1, 0.15) is 18.4 Å². The Morgan fingerprint density at radius 3 is 2.30 bits per heavy atom. The molecule has 0 aliphatic carbocycles. The quantitative estimate of drug-likeness (QED) is 0.334. The van der Waals surface area contributed by atoms with Gasteiger partial charge in [0.15, 0.2) is 5.81 Å². The molecule has 2 radical (unpaired) electrons. The summed E-state index contributed by atoms with van der Waals surface area (Å²) in [6.45, 7) is 11.0. The average molecular weight is 501 g/mol. The third-order valence-electron chi connectivity index (χ3n) is 6.65. The van der Waals surface area contributed by atoms with Gasteiger partial charge in [0, 0.05) is 31.4 Å². The SMILES string of the molecule is [B]C(=O)N[C@@H](CC(C)C)C(=O)N1CCC(N(CC=C(C)C)c2ccc(OCc3ccccc3)cc2)CC1. The van der Waals surface area contributed by atoms with E-state index in [1.165, 1.54) is 5.57 Å². The van der Waals surface area contributed by atoms with Crippen molar-refractivity contribution in [2.24, 2.45) is 5.92 Å². The zero-order valence-corrected chi connectivity index (χ0v) is 22.7. The van der Waals surface area contributed by atoms with Gasteiger partial charge in [-0.3, -0.25) is 9.59 Å². The van der Waals surface area contributed by atoms with E-state index in [0.717, 1.165) is 36.4 Å². The number of carbonyl (C=O) groups excluding carboxylic acids is 2. The van der Waals surface area contributed by atoms with Crippen LogP contribution < -0.4 is 15.0 Å². The number of piperidine rings is 1. The molecule has 1 fully saturated rings. The number of rotatable bonds is 11. The summed E-state index contributed by atoms with van der Waals surface area (Å²) < 4.78 is 5.97. The Labute approximate surface area is 223 Å². The molecule has 1 aliphatic rings. The number of anilines is 1. The number of nitrogens with one attached hydrogen (secondary N) is 1. The van der Waals surface area contributed by atoms with Crippen molar-refractivity contribution in [1.82, 2.24) is 10.2 Å². The number of ether oxygens (including phenoxy) is 1. The van der Waals surface area contributed by atoms with Gasteiger partial charge in [-0.2, -0.15) is 0 Å². The van der Waals surface area contributed by atoms with Gasteiger partial charge in [-0.25, -0.2) is 0 Å². The van der Waals surface area contributed by atoms with Crippen LogP contribution in [0.5, 0.6) is 5.75 Å². The fourth-order valence-corrected chi connectivity index (χ4v) is 4.70. The molecule has 6 nitrogen and oxygen atoms in total. The second-order valence-electron chi connectivity index (χ2n) is 10.4. The summed E-state index contributed by atoms with van der Waals surface area (Å²) in [5.74, 6) is 0.422. The van der Waals surface area contributed by atoms with Gasteiger partial charge in [0.05, 0.1) is 0 Å². The number of likely N-dealkylation sites (tertiary alicyclic amines) is 1. The van der Waals surface area contributed by atoms with Crippen molar-refractivity contribution in [2.45, 2.75) is 65.6 Å². The Hall–Kier alpha value is -3.22. The fourth-order valence-electron chi connectivity index (χ4n) is 4.70. The highest BCUT2D eigenvalue weighted by Crippen LogP contribution is 2.27. The molecule has 1 saturated heterocycles. The minimum Gasteiger partial charge on any atom is -0.489 e. The van der Waals surface area contributed by atoms with Crippen LogP contribution in [0.3, 0.4) is 0 Å². The summed E-state index contributed by atoms with van der Waals surface area (Å²) >= 11 is 0. The first-order valence-corrected chi connectivity index (χ1v) is 13.2. The minimum atomic E-state index is -0.655. The zero-order valence-electron chi connectivity index (χ0n) is 22.7. The molecule has 3 rings (SSSR count). The van der Waals surface area contributed by atoms with Gasteiger partial charge in [-0.15, -0.1) is 0 Å². The van der Waals surface area contributed by atoms with E-state index >= 15 is 0 Å². The number of allylic oxidation sites excluding steroid dienone is 1. The molecule has 0 aromatic heterocycles. The second-order valence-corrected chi connectivity index (χ2v) is 10.4. The van der Waals surface area contributed by atoms with E-state index in [2.05, 4.69) is 54.4 Å². The summed E-state index contributed by atoms with van der Waals surface area (Å²) in [5.41, 5.74) is 3.55. The van der Waals surface area contributed by atoms with E-state index in [0.29, 0.717) is 32.2 Å². The Bertz CT molecular complexity index is 1030. The van der Waals surface area contributed by atoms with E-state index < -0.39 is 11.8 Å². The van der Waals surface area contributed by atoms with Crippen LogP contribution in [0.1, 0.15) is 52.5 Å². The molecule has 1 aliphatic heterocycles. The molecule has 1 N–H and O–H groups in total. The second kappa shape index (κ2) is 13.9. The molecular weight excluding hydrogens is 461 g/mol. The fraction of sp³-hybridized carbons (Fsp3) is 0.467. The minimum absolute atomic E-state index is 0.0401. The lowest BCUT2D eigenvalue weighted by molar-refractivity contribution is -0.134. The lowest BCUT2D eigenvalue weighted by Gasteiger charge is -2.40. The maximum absolute atomic E-state index is 13.2. The molecule has 37 heavy (non-hydrogen) atoms. The van der Waals surface area contributed by atoms with E-state index in [9.17, 15) is 9.59 Å². The Morgan fingerprint density at radius 2 is 1.73 bits per heavy atom. The van der Waals surface area contributed by atoms with Gasteiger partial charge < -0.3 is 19.9 Å². The number of hydrogen-bond acceptors (Lipinski definition) is 4. The molecule has 7 heteroatoms. The monoisotopic (exact) mass is 501 g/mol. The number of benzene rings is 2. The summed E-state index contributed by atoms with van der Waals surface area (Å²) in [5, 5.41) is 2.64. The highest BCUT2D eigenvalue weighted by Gasteiger charge is 2.31. The summed E-state index contributed by atoms with van der Waals surface area (Å²) in [6.07, 6.45) is 4.54. The maximum atomic E-state index is 13.2. The molecule has 2 aromatic rings. The molecule has 0 bridgehead atoms. The van der Waals surface area contributed by atoms with Gasteiger partial charge in [0.25, 0.3) is 0 Å². The van der Waals surface area contributed by atoms with Crippen LogP contribution in [0.25, 0.3) is 0 Å². The predicted molar refractivity (Wildman–Crippen MR) is 151 cm³/mol. The van der Waals surface area contributed by atoms with Gasteiger partial charge in [0.2, 0.25) is 13.8 Å². The van der Waals surface area contributed by atoms with Gasteiger partial charge in [-0.05, 0) is 68.9 Å². The maximum Gasteiger partial charge on any atom is 0.245 e. The van der Waals surface area contributed by atoms with Crippen LogP contribution in [0, 0.1) is 5.92 Å². The molecule has 0 unspecified atom stereocenters. The summed E-state index contributed by atoms with van der Waals surface area (Å²) in [6, 6.07) is 18.2. The lowest BCUT2D eigenvalue weighted by atomic mass is 9.97. The van der Waals surface area contributed by atoms with Crippen molar-refractivity contribution in [1.29, 1.82) is 0 Å². The molecule has 1 heterocycles. The number of amides is 2. The van der Waals surface area contributed by atoms with E-state index in [4.69, 9.17) is 12.6 Å². The Morgan fingerprint density at radius 1 is 1.08 bits per heavy atom. The van der Waals surface area contributed by atoms with Crippen LogP contribution in [0.4, 0.5) is 10.5 Å². The normalized spacial score (nSPS) is 14.7. The standard InChI is InChI=1S/C30H40BN3O3/c1-22(2)14-19-34(25-10-12-27(13-11-25)37-21-24-8-6-5-7-9-24)26-15-17-33(18-16-26)29(35)28(20-23(3)4)32-30(31)36/h5-14,23,26,28H,15-21H2,1-4H3,(H,32,36)/t28-/m0/s1. The van der Waals surface area contributed by atoms with Crippen LogP contribution in [-0.2, 0) is 11.4 Å². The third-order valence-corrected chi connectivity index (χ3v) is 6.65. The molecule has 196 valence electrons. The highest BCUT2D eigenvalue weighted by atomic mass is 16.5. The van der Waals surface area contributed by atoms with E-state index in [-0.39, 0.29) is 11.8 Å². The van der Waals surface area contributed by atoms with Crippen molar-refractivity contribution < 1.29 is 14.3 Å². The first-order valence-electron chi connectivity index (χ1n) is 13.2. The van der Waals surface area contributed by atoms with Crippen LogP contribution in [-0.4, -0.2) is 56.2 Å². The van der Waals surface area contributed by atoms with Crippen molar-refractivity contribution in [3.05, 3.63) is 71.8 Å². The van der Waals surface area contributed by atoms with Gasteiger partial charge >= 0.3 is 0 Å². The predicted octanol–water partition coefficient (Wildman–Crippen LogP) is 5.32. The number of hydrogen-bond donors (Lipinski definition) is 1. The van der Waals surface area contributed by atoms with Crippen LogP contribution in [0.15, 0.2) is 66.2 Å². The summed E-state index contributed by atoms with van der Waals surface area (Å²) in [7, 11) is 5.34. The number of carbonyl (C=O) groups is 2. The molecule has 0 saturated carbocycles. The van der Waals surface area contributed by atoms with Crippen LogP contribution >= 0.6 is 0 Å². The first kappa shape index (κ1) is 28.4. The number of nitrogens with zero attached hydrogens (tertiary/aromatic N) is 2. The Kier molecular flexibility index (Phi) is 10.7. The molecule has 0 spiro atoms. The largest absolute Gasteiger partial charge is 0.489 e. The molecular formula is C30H40BN3O3. The van der Waals surface area contributed by atoms with Crippen molar-refractivity contribution >= 4 is 25.2 Å². The molecule has 1 atom stereocenters. The van der Waals surface area contributed by atoms with E-state index in [1.807, 2.05) is 49.1 Å². The zero-order chi connectivity index (χ0) is 26.8. The topological polar surface area (TPSA) is 61.9 Å². The van der Waals surface area contributed by atoms with Gasteiger partial charge in [-0.1, -0.05) is 55.8 Å². The third kappa shape index (κ3) is 8.99. The molecule has 2 aromatic carbocycles. The first-order chi connectivity index (χ1) is 17.7. The lowest BCUT2D eigenvalue weighted by Crippen LogP contribution is -2.53. The van der Waals surface area contributed by atoms with Crippen molar-refractivity contribution in [2.75, 3.05) is 24.5 Å². The smallest absolute Gasteiger partial charge is 0.245 e. The highest BCUT2D eigenvalue weighted by molar-refractivity contribution is 6.57. The Balaban J connectivity index is 1.65. The van der Waals surface area contributed by atoms with Crippen LogP contribution in [0.2, 0.25) is 0 Å².